The van der Waals surface area contributed by atoms with E-state index in [-0.39, 0.29) is 11.8 Å². The molecule has 1 aliphatic heterocycles. The maximum atomic E-state index is 13.3. The van der Waals surface area contributed by atoms with Crippen LogP contribution in [0.25, 0.3) is 0 Å². The van der Waals surface area contributed by atoms with Crippen LogP contribution in [0, 0.1) is 6.92 Å². The van der Waals surface area contributed by atoms with E-state index in [2.05, 4.69) is 41.2 Å². The third-order valence-corrected chi connectivity index (χ3v) is 5.84. The van der Waals surface area contributed by atoms with Crippen molar-refractivity contribution >= 4 is 17.3 Å². The number of piperazine rings is 1. The molecule has 0 radical (unpaired) electrons. The molecule has 0 bridgehead atoms. The molecule has 4 rings (SSSR count). The average molecular weight is 400 g/mol. The first kappa shape index (κ1) is 20.2. The fraction of sp³-hybridized carbons (Fsp3) is 0.269. The number of anilines is 2. The number of nitrogens with one attached hydrogen (secondary N) is 1. The van der Waals surface area contributed by atoms with Crippen molar-refractivity contribution < 1.29 is 4.79 Å². The van der Waals surface area contributed by atoms with Crippen LogP contribution in [-0.2, 0) is 4.79 Å². The van der Waals surface area contributed by atoms with Crippen molar-refractivity contribution in [3.05, 3.63) is 95.6 Å². The Morgan fingerprint density at radius 1 is 0.833 bits per heavy atom. The van der Waals surface area contributed by atoms with Crippen LogP contribution in [0.15, 0.2) is 78.9 Å². The molecular weight excluding hydrogens is 370 g/mol. The standard InChI is InChI=1S/C26H29N3O/c1-20-19-23(13-14-24(20)29-17-15-28(2)16-18-29)27-26(30)25(21-9-5-3-6-10-21)22-11-7-4-8-12-22/h3-14,19,25H,15-18H2,1-2H3,(H,27,30). The third-order valence-electron chi connectivity index (χ3n) is 5.84. The Labute approximate surface area is 179 Å². The lowest BCUT2D eigenvalue weighted by Gasteiger charge is -2.35. The van der Waals surface area contributed by atoms with Gasteiger partial charge < -0.3 is 15.1 Å². The lowest BCUT2D eigenvalue weighted by molar-refractivity contribution is -0.116. The molecule has 4 nitrogen and oxygen atoms in total. The van der Waals surface area contributed by atoms with E-state index < -0.39 is 0 Å². The summed E-state index contributed by atoms with van der Waals surface area (Å²) in [5, 5.41) is 3.15. The Bertz CT molecular complexity index is 940. The molecule has 3 aromatic rings. The highest BCUT2D eigenvalue weighted by atomic mass is 16.1. The average Bonchev–Trinajstić information content (AvgIpc) is 2.76. The molecule has 1 amide bonds. The molecule has 1 heterocycles. The molecule has 1 N–H and O–H groups in total. The molecule has 154 valence electrons. The van der Waals surface area contributed by atoms with Gasteiger partial charge in [0, 0.05) is 37.6 Å². The number of carbonyl (C=O) groups excluding carboxylic acids is 1. The highest BCUT2D eigenvalue weighted by molar-refractivity contribution is 5.98. The minimum atomic E-state index is -0.343. The highest BCUT2D eigenvalue weighted by Gasteiger charge is 2.23. The predicted molar refractivity (Wildman–Crippen MR) is 124 cm³/mol. The molecular formula is C26H29N3O. The Kier molecular flexibility index (Phi) is 6.15. The van der Waals surface area contributed by atoms with Gasteiger partial charge in [0.05, 0.1) is 5.92 Å². The van der Waals surface area contributed by atoms with Gasteiger partial charge >= 0.3 is 0 Å². The zero-order valence-electron chi connectivity index (χ0n) is 17.7. The van der Waals surface area contributed by atoms with Gasteiger partial charge in [-0.25, -0.2) is 0 Å². The number of benzene rings is 3. The number of likely N-dealkylation sites (N-methyl/N-ethyl adjacent to an activating group) is 1. The normalized spacial score (nSPS) is 14.7. The number of nitrogens with zero attached hydrogens (tertiary/aromatic N) is 2. The quantitative estimate of drug-likeness (QED) is 0.685. The zero-order chi connectivity index (χ0) is 20.9. The van der Waals surface area contributed by atoms with Gasteiger partial charge in [-0.05, 0) is 48.9 Å². The second-order valence-corrected chi connectivity index (χ2v) is 8.04. The summed E-state index contributed by atoms with van der Waals surface area (Å²) < 4.78 is 0. The summed E-state index contributed by atoms with van der Waals surface area (Å²) in [5.74, 6) is -0.357. The van der Waals surface area contributed by atoms with Crippen LogP contribution < -0.4 is 10.2 Å². The van der Waals surface area contributed by atoms with Crippen molar-refractivity contribution in [2.75, 3.05) is 43.4 Å². The Morgan fingerprint density at radius 2 is 1.40 bits per heavy atom. The van der Waals surface area contributed by atoms with E-state index in [1.54, 1.807) is 0 Å². The summed E-state index contributed by atoms with van der Waals surface area (Å²) in [6.07, 6.45) is 0. The summed E-state index contributed by atoms with van der Waals surface area (Å²) >= 11 is 0. The molecule has 0 spiro atoms. The summed E-state index contributed by atoms with van der Waals surface area (Å²) in [6, 6.07) is 26.2. The Morgan fingerprint density at radius 3 is 1.93 bits per heavy atom. The highest BCUT2D eigenvalue weighted by Crippen LogP contribution is 2.28. The minimum absolute atomic E-state index is 0.0147. The number of carbonyl (C=O) groups is 1. The van der Waals surface area contributed by atoms with Crippen molar-refractivity contribution in [1.29, 1.82) is 0 Å². The van der Waals surface area contributed by atoms with Crippen molar-refractivity contribution in [3.63, 3.8) is 0 Å². The van der Waals surface area contributed by atoms with E-state index in [9.17, 15) is 4.79 Å². The maximum absolute atomic E-state index is 13.3. The fourth-order valence-electron chi connectivity index (χ4n) is 4.14. The Balaban J connectivity index is 1.55. The number of hydrogen-bond donors (Lipinski definition) is 1. The molecule has 1 saturated heterocycles. The van der Waals surface area contributed by atoms with Crippen molar-refractivity contribution in [1.82, 2.24) is 4.90 Å². The zero-order valence-corrected chi connectivity index (χ0v) is 17.7. The van der Waals surface area contributed by atoms with Crippen molar-refractivity contribution in [3.8, 4) is 0 Å². The van der Waals surface area contributed by atoms with Gasteiger partial charge in [-0.1, -0.05) is 60.7 Å². The first-order chi connectivity index (χ1) is 14.6. The number of aryl methyl sites for hydroxylation is 1. The van der Waals surface area contributed by atoms with Gasteiger partial charge in [0.15, 0.2) is 0 Å². The smallest absolute Gasteiger partial charge is 0.236 e. The molecule has 1 fully saturated rings. The van der Waals surface area contributed by atoms with E-state index in [4.69, 9.17) is 0 Å². The Hall–Kier alpha value is -3.11. The van der Waals surface area contributed by atoms with Crippen molar-refractivity contribution in [2.24, 2.45) is 0 Å². The summed E-state index contributed by atoms with van der Waals surface area (Å²) in [4.78, 5) is 18.1. The molecule has 4 heteroatoms. The van der Waals surface area contributed by atoms with Crippen LogP contribution in [0.2, 0.25) is 0 Å². The predicted octanol–water partition coefficient (Wildman–Crippen LogP) is 4.52. The van der Waals surface area contributed by atoms with E-state index in [0.717, 1.165) is 43.0 Å². The van der Waals surface area contributed by atoms with Crippen LogP contribution in [0.5, 0.6) is 0 Å². The van der Waals surface area contributed by atoms with Gasteiger partial charge in [0.2, 0.25) is 5.91 Å². The van der Waals surface area contributed by atoms with E-state index in [0.29, 0.717) is 0 Å². The minimum Gasteiger partial charge on any atom is -0.369 e. The topological polar surface area (TPSA) is 35.6 Å². The monoisotopic (exact) mass is 399 g/mol. The molecule has 1 aliphatic rings. The molecule has 0 atom stereocenters. The van der Waals surface area contributed by atoms with Gasteiger partial charge in [-0.3, -0.25) is 4.79 Å². The third kappa shape index (κ3) is 4.55. The van der Waals surface area contributed by atoms with Crippen LogP contribution in [-0.4, -0.2) is 44.0 Å². The van der Waals surface area contributed by atoms with Crippen LogP contribution >= 0.6 is 0 Å². The molecule has 0 saturated carbocycles. The van der Waals surface area contributed by atoms with Gasteiger partial charge in [-0.2, -0.15) is 0 Å². The van der Waals surface area contributed by atoms with E-state index in [1.807, 2.05) is 66.7 Å². The van der Waals surface area contributed by atoms with Gasteiger partial charge in [0.1, 0.15) is 0 Å². The number of rotatable bonds is 5. The lowest BCUT2D eigenvalue weighted by Crippen LogP contribution is -2.44. The maximum Gasteiger partial charge on any atom is 0.236 e. The first-order valence-electron chi connectivity index (χ1n) is 10.6. The van der Waals surface area contributed by atoms with Crippen LogP contribution in [0.1, 0.15) is 22.6 Å². The molecule has 0 aliphatic carbocycles. The number of hydrogen-bond acceptors (Lipinski definition) is 3. The lowest BCUT2D eigenvalue weighted by atomic mass is 9.90. The van der Waals surface area contributed by atoms with E-state index in [1.165, 1.54) is 11.3 Å². The SMILES string of the molecule is Cc1cc(NC(=O)C(c2ccccc2)c2ccccc2)ccc1N1CCN(C)CC1. The van der Waals surface area contributed by atoms with Gasteiger partial charge in [0.25, 0.3) is 0 Å². The summed E-state index contributed by atoms with van der Waals surface area (Å²) in [5.41, 5.74) is 5.27. The number of amides is 1. The van der Waals surface area contributed by atoms with Crippen LogP contribution in [0.3, 0.4) is 0 Å². The summed E-state index contributed by atoms with van der Waals surface area (Å²) in [7, 11) is 2.17. The largest absolute Gasteiger partial charge is 0.369 e. The van der Waals surface area contributed by atoms with Gasteiger partial charge in [-0.15, -0.1) is 0 Å². The first-order valence-corrected chi connectivity index (χ1v) is 10.6. The van der Waals surface area contributed by atoms with E-state index >= 15 is 0 Å². The summed E-state index contributed by atoms with van der Waals surface area (Å²) in [6.45, 7) is 6.34. The molecule has 3 aromatic carbocycles. The fourth-order valence-corrected chi connectivity index (χ4v) is 4.14. The molecule has 30 heavy (non-hydrogen) atoms. The van der Waals surface area contributed by atoms with Crippen molar-refractivity contribution in [2.45, 2.75) is 12.8 Å². The molecule has 0 aromatic heterocycles. The second-order valence-electron chi connectivity index (χ2n) is 8.04. The van der Waals surface area contributed by atoms with Crippen LogP contribution in [0.4, 0.5) is 11.4 Å². The second kappa shape index (κ2) is 9.14. The molecule has 0 unspecified atom stereocenters.